The Morgan fingerprint density at radius 3 is 3.00 bits per heavy atom. The fourth-order valence-electron chi connectivity index (χ4n) is 2.07. The summed E-state index contributed by atoms with van der Waals surface area (Å²) >= 11 is 0. The van der Waals surface area contributed by atoms with Crippen LogP contribution < -0.4 is 10.6 Å². The third-order valence-corrected chi connectivity index (χ3v) is 3.24. The summed E-state index contributed by atoms with van der Waals surface area (Å²) in [5, 5.41) is 6.26. The molecule has 92 valence electrons. The molecule has 1 heterocycles. The van der Waals surface area contributed by atoms with E-state index in [1.165, 1.54) is 19.3 Å². The molecule has 0 spiro atoms. The van der Waals surface area contributed by atoms with Crippen molar-refractivity contribution in [1.82, 2.24) is 10.6 Å². The van der Waals surface area contributed by atoms with Gasteiger partial charge in [-0.1, -0.05) is 12.8 Å². The van der Waals surface area contributed by atoms with Crippen molar-refractivity contribution in [2.75, 3.05) is 26.3 Å². The molecule has 1 unspecified atom stereocenters. The van der Waals surface area contributed by atoms with Crippen molar-refractivity contribution in [1.29, 1.82) is 0 Å². The minimum absolute atomic E-state index is 0.152. The summed E-state index contributed by atoms with van der Waals surface area (Å²) in [5.74, 6) is 1.11. The largest absolute Gasteiger partial charge is 0.378 e. The van der Waals surface area contributed by atoms with E-state index in [1.54, 1.807) is 0 Å². The summed E-state index contributed by atoms with van der Waals surface area (Å²) in [6, 6.07) is 0.206. The first-order valence-electron chi connectivity index (χ1n) is 6.42. The summed E-state index contributed by atoms with van der Waals surface area (Å²) in [6.07, 6.45) is 5.76. The van der Waals surface area contributed by atoms with Gasteiger partial charge in [-0.2, -0.15) is 0 Å². The first-order valence-corrected chi connectivity index (χ1v) is 6.42. The molecule has 16 heavy (non-hydrogen) atoms. The Bertz CT molecular complexity index is 223. The van der Waals surface area contributed by atoms with Crippen LogP contribution in [0.25, 0.3) is 0 Å². The molecule has 0 aromatic heterocycles. The minimum Gasteiger partial charge on any atom is -0.378 e. The topological polar surface area (TPSA) is 50.4 Å². The molecule has 0 bridgehead atoms. The molecule has 2 N–H and O–H groups in total. The molecule has 2 rings (SSSR count). The quantitative estimate of drug-likeness (QED) is 0.655. The number of hydrogen-bond donors (Lipinski definition) is 2. The van der Waals surface area contributed by atoms with E-state index in [1.807, 2.05) is 0 Å². The highest BCUT2D eigenvalue weighted by molar-refractivity contribution is 5.76. The van der Waals surface area contributed by atoms with Crippen LogP contribution in [0.5, 0.6) is 0 Å². The van der Waals surface area contributed by atoms with Crippen LogP contribution in [0, 0.1) is 5.92 Å². The van der Waals surface area contributed by atoms with Crippen LogP contribution in [0.2, 0.25) is 0 Å². The molecule has 1 aliphatic heterocycles. The van der Waals surface area contributed by atoms with Gasteiger partial charge in [-0.15, -0.1) is 0 Å². The van der Waals surface area contributed by atoms with Crippen LogP contribution in [-0.2, 0) is 9.53 Å². The Morgan fingerprint density at radius 2 is 2.31 bits per heavy atom. The van der Waals surface area contributed by atoms with Crippen LogP contribution in [0.4, 0.5) is 0 Å². The minimum atomic E-state index is 0.152. The Balaban J connectivity index is 1.49. The van der Waals surface area contributed by atoms with Gasteiger partial charge in [-0.3, -0.25) is 4.79 Å². The smallest absolute Gasteiger partial charge is 0.221 e. The van der Waals surface area contributed by atoms with Crippen molar-refractivity contribution in [3.05, 3.63) is 0 Å². The molecule has 1 amide bonds. The van der Waals surface area contributed by atoms with Gasteiger partial charge >= 0.3 is 0 Å². The highest BCUT2D eigenvalue weighted by Gasteiger charge is 2.20. The average molecular weight is 226 g/mol. The summed E-state index contributed by atoms with van der Waals surface area (Å²) in [7, 11) is 0. The fourth-order valence-corrected chi connectivity index (χ4v) is 2.07. The normalized spacial score (nSPS) is 25.4. The van der Waals surface area contributed by atoms with Gasteiger partial charge in [-0.05, 0) is 18.8 Å². The number of rotatable bonds is 6. The lowest BCUT2D eigenvalue weighted by Gasteiger charge is -2.23. The lowest BCUT2D eigenvalue weighted by Crippen LogP contribution is -2.44. The Labute approximate surface area is 97.1 Å². The van der Waals surface area contributed by atoms with Crippen LogP contribution in [-0.4, -0.2) is 38.3 Å². The molecule has 2 fully saturated rings. The first-order chi connectivity index (χ1) is 7.84. The lowest BCUT2D eigenvalue weighted by atomic mass is 10.2. The Kier molecular flexibility index (Phi) is 4.60. The third-order valence-electron chi connectivity index (χ3n) is 3.24. The number of hydrogen-bond acceptors (Lipinski definition) is 3. The molecule has 4 nitrogen and oxygen atoms in total. The van der Waals surface area contributed by atoms with Gasteiger partial charge in [0.15, 0.2) is 0 Å². The standard InChI is InChI=1S/C12H22N2O2/c15-12(8-11-9-16-7-6-13-11)14-5-1-2-10-3-4-10/h10-11,13H,1-9H2,(H,14,15). The maximum absolute atomic E-state index is 11.6. The molecular weight excluding hydrogens is 204 g/mol. The van der Waals surface area contributed by atoms with E-state index in [2.05, 4.69) is 10.6 Å². The predicted molar refractivity (Wildman–Crippen MR) is 62.2 cm³/mol. The molecule has 4 heteroatoms. The van der Waals surface area contributed by atoms with Crippen molar-refractivity contribution >= 4 is 5.91 Å². The second kappa shape index (κ2) is 6.21. The third kappa shape index (κ3) is 4.49. The SMILES string of the molecule is O=C(CC1COCCN1)NCCCC1CC1. The van der Waals surface area contributed by atoms with Gasteiger partial charge < -0.3 is 15.4 Å². The fraction of sp³-hybridized carbons (Fsp3) is 0.917. The van der Waals surface area contributed by atoms with E-state index >= 15 is 0 Å². The zero-order valence-corrected chi connectivity index (χ0v) is 9.84. The number of nitrogens with one attached hydrogen (secondary N) is 2. The van der Waals surface area contributed by atoms with E-state index in [-0.39, 0.29) is 11.9 Å². The zero-order chi connectivity index (χ0) is 11.2. The summed E-state index contributed by atoms with van der Waals surface area (Å²) < 4.78 is 5.31. The monoisotopic (exact) mass is 226 g/mol. The molecule has 1 atom stereocenters. The summed E-state index contributed by atoms with van der Waals surface area (Å²) in [5.41, 5.74) is 0. The lowest BCUT2D eigenvalue weighted by molar-refractivity contribution is -0.122. The maximum atomic E-state index is 11.6. The van der Waals surface area contributed by atoms with Crippen molar-refractivity contribution in [2.24, 2.45) is 5.92 Å². The molecular formula is C12H22N2O2. The highest BCUT2D eigenvalue weighted by atomic mass is 16.5. The summed E-state index contributed by atoms with van der Waals surface area (Å²) in [4.78, 5) is 11.6. The number of carbonyl (C=O) groups excluding carboxylic acids is 1. The molecule has 0 aromatic rings. The van der Waals surface area contributed by atoms with E-state index < -0.39 is 0 Å². The molecule has 0 aromatic carbocycles. The predicted octanol–water partition coefficient (Wildman–Crippen LogP) is 0.671. The van der Waals surface area contributed by atoms with Crippen molar-refractivity contribution in [2.45, 2.75) is 38.1 Å². The number of amides is 1. The van der Waals surface area contributed by atoms with Gasteiger partial charge in [0.05, 0.1) is 13.2 Å². The molecule has 1 saturated heterocycles. The van der Waals surface area contributed by atoms with E-state index in [0.29, 0.717) is 13.0 Å². The second-order valence-corrected chi connectivity index (χ2v) is 4.87. The van der Waals surface area contributed by atoms with Crippen LogP contribution >= 0.6 is 0 Å². The van der Waals surface area contributed by atoms with Crippen molar-refractivity contribution in [3.8, 4) is 0 Å². The Morgan fingerprint density at radius 1 is 1.44 bits per heavy atom. The van der Waals surface area contributed by atoms with Gasteiger partial charge in [0.2, 0.25) is 5.91 Å². The molecule has 2 aliphatic rings. The van der Waals surface area contributed by atoms with E-state index in [0.717, 1.165) is 32.0 Å². The Hall–Kier alpha value is -0.610. The van der Waals surface area contributed by atoms with Crippen molar-refractivity contribution in [3.63, 3.8) is 0 Å². The molecule has 1 saturated carbocycles. The van der Waals surface area contributed by atoms with Crippen molar-refractivity contribution < 1.29 is 9.53 Å². The zero-order valence-electron chi connectivity index (χ0n) is 9.84. The number of morpholine rings is 1. The number of ether oxygens (including phenoxy) is 1. The van der Waals surface area contributed by atoms with Crippen LogP contribution in [0.3, 0.4) is 0 Å². The van der Waals surface area contributed by atoms with Gasteiger partial charge in [0, 0.05) is 25.6 Å². The highest BCUT2D eigenvalue weighted by Crippen LogP contribution is 2.33. The van der Waals surface area contributed by atoms with E-state index in [4.69, 9.17) is 4.74 Å². The maximum Gasteiger partial charge on any atom is 0.221 e. The number of carbonyl (C=O) groups is 1. The molecule has 0 radical (unpaired) electrons. The van der Waals surface area contributed by atoms with Crippen LogP contribution in [0.15, 0.2) is 0 Å². The average Bonchev–Trinajstić information content (AvgIpc) is 3.10. The van der Waals surface area contributed by atoms with Crippen LogP contribution in [0.1, 0.15) is 32.1 Å². The summed E-state index contributed by atoms with van der Waals surface area (Å²) in [6.45, 7) is 3.12. The van der Waals surface area contributed by atoms with Gasteiger partial charge in [-0.25, -0.2) is 0 Å². The van der Waals surface area contributed by atoms with Gasteiger partial charge in [0.1, 0.15) is 0 Å². The van der Waals surface area contributed by atoms with E-state index in [9.17, 15) is 4.79 Å². The first kappa shape index (κ1) is 11.9. The van der Waals surface area contributed by atoms with Gasteiger partial charge in [0.25, 0.3) is 0 Å². The second-order valence-electron chi connectivity index (χ2n) is 4.87. The molecule has 1 aliphatic carbocycles.